The van der Waals surface area contributed by atoms with Crippen molar-refractivity contribution in [3.05, 3.63) is 16.9 Å². The van der Waals surface area contributed by atoms with Crippen LogP contribution in [0.3, 0.4) is 0 Å². The second kappa shape index (κ2) is 4.18. The van der Waals surface area contributed by atoms with Crippen LogP contribution in [0.25, 0.3) is 0 Å². The van der Waals surface area contributed by atoms with Crippen molar-refractivity contribution >= 4 is 17.7 Å². The third-order valence-corrected chi connectivity index (χ3v) is 3.25. The molecule has 1 aliphatic rings. The van der Waals surface area contributed by atoms with Gasteiger partial charge in [0.25, 0.3) is 0 Å². The van der Waals surface area contributed by atoms with E-state index in [0.717, 1.165) is 0 Å². The molecule has 2 amide bonds. The molecule has 1 aromatic heterocycles. The van der Waals surface area contributed by atoms with Gasteiger partial charge in [-0.1, -0.05) is 0 Å². The summed E-state index contributed by atoms with van der Waals surface area (Å²) in [6, 6.07) is 2.02. The van der Waals surface area contributed by atoms with Gasteiger partial charge in [0.1, 0.15) is 17.4 Å². The molecule has 0 bridgehead atoms. The van der Waals surface area contributed by atoms with Crippen LogP contribution in [0.5, 0.6) is 0 Å². The largest absolute Gasteiger partial charge is 0.444 e. The Bertz CT molecular complexity index is 568. The van der Waals surface area contributed by atoms with E-state index in [-0.39, 0.29) is 24.8 Å². The maximum atomic E-state index is 11.8. The Labute approximate surface area is 104 Å². The molecule has 0 aliphatic carbocycles. The molecule has 1 aliphatic heterocycles. The van der Waals surface area contributed by atoms with Crippen LogP contribution in [-0.2, 0) is 9.59 Å². The molecule has 1 unspecified atom stereocenters. The number of nitrogens with two attached hydrogens (primary N) is 1. The second-order valence-electron chi connectivity index (χ2n) is 4.38. The molecule has 0 radical (unpaired) electrons. The van der Waals surface area contributed by atoms with E-state index in [2.05, 4.69) is 0 Å². The fraction of sp³-hybridized carbons (Fsp3) is 0.417. The average molecular weight is 247 g/mol. The number of hydrogen-bond acceptors (Lipinski definition) is 4. The van der Waals surface area contributed by atoms with Crippen LogP contribution in [0.1, 0.15) is 23.3 Å². The Kier molecular flexibility index (Phi) is 2.83. The summed E-state index contributed by atoms with van der Waals surface area (Å²) in [5, 5.41) is 9.09. The zero-order valence-electron chi connectivity index (χ0n) is 10.2. The van der Waals surface area contributed by atoms with Gasteiger partial charge in [-0.05, 0) is 13.8 Å². The van der Waals surface area contributed by atoms with Crippen molar-refractivity contribution < 1.29 is 14.0 Å². The van der Waals surface area contributed by atoms with E-state index >= 15 is 0 Å². The topological polar surface area (TPSA) is 100 Å². The maximum absolute atomic E-state index is 11.8. The third-order valence-electron chi connectivity index (χ3n) is 3.25. The summed E-state index contributed by atoms with van der Waals surface area (Å²) in [5.41, 5.74) is 6.24. The third kappa shape index (κ3) is 1.74. The molecule has 2 rings (SSSR count). The Morgan fingerprint density at radius 1 is 1.56 bits per heavy atom. The van der Waals surface area contributed by atoms with Gasteiger partial charge in [-0.25, -0.2) is 0 Å². The molecule has 6 heteroatoms. The molecule has 1 aromatic rings. The summed E-state index contributed by atoms with van der Waals surface area (Å²) in [7, 11) is 0. The number of aryl methyl sites for hydroxylation is 1. The highest BCUT2D eigenvalue weighted by Crippen LogP contribution is 2.33. The minimum absolute atomic E-state index is 0.0684. The standard InChI is InChI=1S/C12H13N3O3/c1-6-7(2)18-12(9(6)4-13)15-5-8(11(14)17)3-10(15)16/h8H,3,5H2,1-2H3,(H2,14,17). The van der Waals surface area contributed by atoms with Crippen LogP contribution in [0.2, 0.25) is 0 Å². The van der Waals surface area contributed by atoms with Crippen molar-refractivity contribution in [3.8, 4) is 6.07 Å². The Morgan fingerprint density at radius 3 is 2.72 bits per heavy atom. The highest BCUT2D eigenvalue weighted by molar-refractivity contribution is 6.00. The summed E-state index contributed by atoms with van der Waals surface area (Å²) in [6.07, 6.45) is 0.0684. The summed E-state index contributed by atoms with van der Waals surface area (Å²) in [4.78, 5) is 24.3. The highest BCUT2D eigenvalue weighted by Gasteiger charge is 2.37. The van der Waals surface area contributed by atoms with Gasteiger partial charge in [-0.3, -0.25) is 14.5 Å². The molecular weight excluding hydrogens is 234 g/mol. The van der Waals surface area contributed by atoms with E-state index in [1.165, 1.54) is 4.90 Å². The first-order valence-corrected chi connectivity index (χ1v) is 5.55. The van der Waals surface area contributed by atoms with Crippen LogP contribution in [0.15, 0.2) is 4.42 Å². The van der Waals surface area contributed by atoms with Crippen molar-refractivity contribution in [2.75, 3.05) is 11.4 Å². The van der Waals surface area contributed by atoms with Crippen molar-refractivity contribution in [2.45, 2.75) is 20.3 Å². The van der Waals surface area contributed by atoms with Crippen molar-refractivity contribution in [3.63, 3.8) is 0 Å². The van der Waals surface area contributed by atoms with E-state index in [1.807, 2.05) is 6.07 Å². The molecule has 18 heavy (non-hydrogen) atoms. The fourth-order valence-corrected chi connectivity index (χ4v) is 2.03. The number of nitriles is 1. The van der Waals surface area contributed by atoms with E-state index in [4.69, 9.17) is 15.4 Å². The smallest absolute Gasteiger partial charge is 0.230 e. The molecule has 1 atom stereocenters. The monoisotopic (exact) mass is 247 g/mol. The SMILES string of the molecule is Cc1oc(N2CC(C(N)=O)CC2=O)c(C#N)c1C. The van der Waals surface area contributed by atoms with Gasteiger partial charge < -0.3 is 10.2 Å². The van der Waals surface area contributed by atoms with Gasteiger partial charge in [-0.15, -0.1) is 0 Å². The van der Waals surface area contributed by atoms with Crippen LogP contribution < -0.4 is 10.6 Å². The van der Waals surface area contributed by atoms with Gasteiger partial charge in [0, 0.05) is 18.5 Å². The van der Waals surface area contributed by atoms with Gasteiger partial charge in [-0.2, -0.15) is 5.26 Å². The van der Waals surface area contributed by atoms with Gasteiger partial charge >= 0.3 is 0 Å². The van der Waals surface area contributed by atoms with E-state index in [1.54, 1.807) is 13.8 Å². The van der Waals surface area contributed by atoms with Crippen LogP contribution >= 0.6 is 0 Å². The molecular formula is C12H13N3O3. The molecule has 1 saturated heterocycles. The summed E-state index contributed by atoms with van der Waals surface area (Å²) in [6.45, 7) is 3.66. The minimum atomic E-state index is -0.519. The first kappa shape index (κ1) is 12.2. The van der Waals surface area contributed by atoms with E-state index in [0.29, 0.717) is 16.9 Å². The Balaban J connectivity index is 2.39. The number of amides is 2. The van der Waals surface area contributed by atoms with Gasteiger partial charge in [0.2, 0.25) is 17.7 Å². The predicted molar refractivity (Wildman–Crippen MR) is 62.6 cm³/mol. The highest BCUT2D eigenvalue weighted by atomic mass is 16.4. The summed E-state index contributed by atoms with van der Waals surface area (Å²) >= 11 is 0. The first-order valence-electron chi connectivity index (χ1n) is 5.55. The molecule has 0 spiro atoms. The number of carbonyl (C=O) groups is 2. The molecule has 0 aromatic carbocycles. The molecule has 6 nitrogen and oxygen atoms in total. The van der Waals surface area contributed by atoms with Crippen molar-refractivity contribution in [1.82, 2.24) is 0 Å². The lowest BCUT2D eigenvalue weighted by Gasteiger charge is -2.12. The molecule has 0 saturated carbocycles. The summed E-state index contributed by atoms with van der Waals surface area (Å²) < 4.78 is 5.45. The molecule has 1 fully saturated rings. The maximum Gasteiger partial charge on any atom is 0.230 e. The van der Waals surface area contributed by atoms with E-state index in [9.17, 15) is 9.59 Å². The number of furan rings is 1. The quantitative estimate of drug-likeness (QED) is 0.827. The second-order valence-corrected chi connectivity index (χ2v) is 4.38. The lowest BCUT2D eigenvalue weighted by molar-refractivity contribution is -0.123. The number of primary amides is 1. The lowest BCUT2D eigenvalue weighted by atomic mass is 10.1. The number of carbonyl (C=O) groups excluding carboxylic acids is 2. The normalized spacial score (nSPS) is 19.1. The number of anilines is 1. The van der Waals surface area contributed by atoms with Crippen LogP contribution in [0.4, 0.5) is 5.88 Å². The average Bonchev–Trinajstić information content (AvgIpc) is 2.81. The van der Waals surface area contributed by atoms with Crippen LogP contribution in [-0.4, -0.2) is 18.4 Å². The predicted octanol–water partition coefficient (Wildman–Crippen LogP) is 0.606. The number of rotatable bonds is 2. The Hall–Kier alpha value is -2.29. The Morgan fingerprint density at radius 2 is 2.22 bits per heavy atom. The first-order chi connectivity index (χ1) is 8.45. The van der Waals surface area contributed by atoms with Crippen LogP contribution in [0, 0.1) is 31.1 Å². The number of nitrogens with zero attached hydrogens (tertiary/aromatic N) is 2. The lowest BCUT2D eigenvalue weighted by Crippen LogP contribution is -2.28. The molecule has 2 N–H and O–H groups in total. The molecule has 2 heterocycles. The summed E-state index contributed by atoms with van der Waals surface area (Å²) in [5.74, 6) is -0.457. The minimum Gasteiger partial charge on any atom is -0.444 e. The van der Waals surface area contributed by atoms with Gasteiger partial charge in [0.15, 0.2) is 0 Å². The fourth-order valence-electron chi connectivity index (χ4n) is 2.03. The van der Waals surface area contributed by atoms with Crippen molar-refractivity contribution in [2.24, 2.45) is 11.7 Å². The van der Waals surface area contributed by atoms with Crippen molar-refractivity contribution in [1.29, 1.82) is 5.26 Å². The molecule has 94 valence electrons. The number of hydrogen-bond donors (Lipinski definition) is 1. The van der Waals surface area contributed by atoms with E-state index < -0.39 is 11.8 Å². The zero-order chi connectivity index (χ0) is 13.4. The van der Waals surface area contributed by atoms with Gasteiger partial charge in [0.05, 0.1) is 5.92 Å². The zero-order valence-corrected chi connectivity index (χ0v) is 10.2.